The predicted octanol–water partition coefficient (Wildman–Crippen LogP) is 2.23. The van der Waals surface area contributed by atoms with Gasteiger partial charge in [0.1, 0.15) is 0 Å². The van der Waals surface area contributed by atoms with Crippen LogP contribution in [0.3, 0.4) is 0 Å². The van der Waals surface area contributed by atoms with Gasteiger partial charge >= 0.3 is 0 Å². The van der Waals surface area contributed by atoms with Gasteiger partial charge < -0.3 is 0 Å². The molecule has 1 aliphatic rings. The van der Waals surface area contributed by atoms with Crippen LogP contribution in [0.15, 0.2) is 18.2 Å². The Morgan fingerprint density at radius 1 is 1.50 bits per heavy atom. The van der Waals surface area contributed by atoms with Crippen molar-refractivity contribution in [1.82, 2.24) is 0 Å². The van der Waals surface area contributed by atoms with E-state index in [4.69, 9.17) is 0 Å². The van der Waals surface area contributed by atoms with E-state index in [0.29, 0.717) is 6.42 Å². The van der Waals surface area contributed by atoms with E-state index in [1.54, 1.807) is 3.11 Å². The highest BCUT2D eigenvalue weighted by molar-refractivity contribution is 14.1. The molecule has 0 atom stereocenters. The molecule has 0 fully saturated rings. The van der Waals surface area contributed by atoms with Crippen LogP contribution >= 0.6 is 22.9 Å². The number of carbonyl (C=O) groups excluding carboxylic acids is 1. The minimum atomic E-state index is 0.177. The first-order valence-corrected chi connectivity index (χ1v) is 4.73. The fraction of sp³-hybridized carbons (Fsp3) is 0.222. The third kappa shape index (κ3) is 1.12. The Bertz CT molecular complexity index is 348. The Balaban J connectivity index is 2.54. The molecule has 0 saturated carbocycles. The average molecular weight is 273 g/mol. The maximum atomic E-state index is 11.3. The molecule has 12 heavy (non-hydrogen) atoms. The summed E-state index contributed by atoms with van der Waals surface area (Å²) >= 11 is 2.04. The first-order chi connectivity index (χ1) is 5.68. The van der Waals surface area contributed by atoms with Crippen LogP contribution in [0.1, 0.15) is 11.1 Å². The molecule has 1 amide bonds. The molecule has 0 unspecified atom stereocenters. The number of rotatable bonds is 0. The molecule has 62 valence electrons. The summed E-state index contributed by atoms with van der Waals surface area (Å²) in [6.07, 6.45) is 0.556. The monoisotopic (exact) mass is 273 g/mol. The lowest BCUT2D eigenvalue weighted by molar-refractivity contribution is -0.115. The summed E-state index contributed by atoms with van der Waals surface area (Å²) in [5, 5.41) is 0. The quantitative estimate of drug-likeness (QED) is 0.524. The van der Waals surface area contributed by atoms with Gasteiger partial charge in [0.25, 0.3) is 0 Å². The molecule has 3 heteroatoms. The van der Waals surface area contributed by atoms with Gasteiger partial charge in [-0.15, -0.1) is 0 Å². The zero-order chi connectivity index (χ0) is 8.72. The average Bonchev–Trinajstić information content (AvgIpc) is 2.28. The lowest BCUT2D eigenvalue weighted by atomic mass is 10.1. The number of fused-ring (bicyclic) bond motifs is 1. The summed E-state index contributed by atoms with van der Waals surface area (Å²) < 4.78 is 1.69. The van der Waals surface area contributed by atoms with E-state index in [-0.39, 0.29) is 5.91 Å². The number of aryl methyl sites for hydroxylation is 1. The number of amides is 1. The van der Waals surface area contributed by atoms with Crippen molar-refractivity contribution in [1.29, 1.82) is 0 Å². The fourth-order valence-electron chi connectivity index (χ4n) is 1.41. The molecule has 0 saturated heterocycles. The molecule has 1 aromatic carbocycles. The first-order valence-electron chi connectivity index (χ1n) is 3.77. The van der Waals surface area contributed by atoms with Gasteiger partial charge in [0.05, 0.1) is 35.0 Å². The summed E-state index contributed by atoms with van der Waals surface area (Å²) in [5.41, 5.74) is 3.41. The second kappa shape index (κ2) is 2.73. The van der Waals surface area contributed by atoms with Gasteiger partial charge in [0.2, 0.25) is 5.91 Å². The number of anilines is 1. The lowest BCUT2D eigenvalue weighted by Gasteiger charge is -2.06. The highest BCUT2D eigenvalue weighted by Gasteiger charge is 2.24. The summed E-state index contributed by atoms with van der Waals surface area (Å²) in [6, 6.07) is 6.11. The SMILES string of the molecule is Cc1ccc2c(c1)CC(=O)N2I. The Kier molecular flexibility index (Phi) is 1.83. The molecule has 0 radical (unpaired) electrons. The maximum Gasteiger partial charge on any atom is 0.240 e. The van der Waals surface area contributed by atoms with E-state index in [9.17, 15) is 4.79 Å². The second-order valence-corrected chi connectivity index (χ2v) is 3.95. The zero-order valence-corrected chi connectivity index (χ0v) is 8.83. The van der Waals surface area contributed by atoms with Crippen molar-refractivity contribution in [3.63, 3.8) is 0 Å². The van der Waals surface area contributed by atoms with E-state index in [1.807, 2.05) is 41.9 Å². The molecule has 0 spiro atoms. The number of hydrogen-bond acceptors (Lipinski definition) is 1. The van der Waals surface area contributed by atoms with E-state index < -0.39 is 0 Å². The van der Waals surface area contributed by atoms with Gasteiger partial charge in [-0.1, -0.05) is 17.7 Å². The van der Waals surface area contributed by atoms with Crippen LogP contribution in [0.5, 0.6) is 0 Å². The molecule has 2 rings (SSSR count). The van der Waals surface area contributed by atoms with Crippen molar-refractivity contribution in [2.45, 2.75) is 13.3 Å². The number of hydrogen-bond donors (Lipinski definition) is 0. The van der Waals surface area contributed by atoms with Gasteiger partial charge in [-0.3, -0.25) is 7.91 Å². The second-order valence-electron chi connectivity index (χ2n) is 2.98. The van der Waals surface area contributed by atoms with Gasteiger partial charge in [0, 0.05) is 0 Å². The zero-order valence-electron chi connectivity index (χ0n) is 6.67. The molecule has 0 N–H and O–H groups in total. The summed E-state index contributed by atoms with van der Waals surface area (Å²) in [6.45, 7) is 2.04. The van der Waals surface area contributed by atoms with Crippen LogP contribution in [0.25, 0.3) is 0 Å². The summed E-state index contributed by atoms with van der Waals surface area (Å²) in [7, 11) is 0. The van der Waals surface area contributed by atoms with E-state index in [1.165, 1.54) is 5.56 Å². The first kappa shape index (κ1) is 8.04. The van der Waals surface area contributed by atoms with Gasteiger partial charge in [-0.05, 0) is 18.6 Å². The number of carbonyl (C=O) groups is 1. The molecule has 0 bridgehead atoms. The van der Waals surface area contributed by atoms with Crippen LogP contribution < -0.4 is 3.11 Å². The van der Waals surface area contributed by atoms with Crippen molar-refractivity contribution >= 4 is 34.5 Å². The Hall–Kier alpha value is -0.580. The lowest BCUT2D eigenvalue weighted by Crippen LogP contribution is -2.13. The smallest absolute Gasteiger partial charge is 0.240 e. The normalized spacial score (nSPS) is 15.2. The van der Waals surface area contributed by atoms with Crippen molar-refractivity contribution < 1.29 is 4.79 Å². The predicted molar refractivity (Wildman–Crippen MR) is 56.4 cm³/mol. The third-order valence-electron chi connectivity index (χ3n) is 2.01. The van der Waals surface area contributed by atoms with Crippen molar-refractivity contribution in [3.05, 3.63) is 29.3 Å². The molecule has 0 aliphatic carbocycles. The van der Waals surface area contributed by atoms with Gasteiger partial charge in [0.15, 0.2) is 0 Å². The standard InChI is InChI=1S/C9H8INO/c1-6-2-3-8-7(4-6)5-9(12)11(8)10/h2-4H,5H2,1H3. The van der Waals surface area contributed by atoms with Crippen LogP contribution in [-0.2, 0) is 11.2 Å². The maximum absolute atomic E-state index is 11.3. The molecule has 1 heterocycles. The van der Waals surface area contributed by atoms with Crippen molar-refractivity contribution in [2.75, 3.05) is 3.11 Å². The molecule has 2 nitrogen and oxygen atoms in total. The Labute approximate surface area is 85.1 Å². The van der Waals surface area contributed by atoms with E-state index in [2.05, 4.69) is 6.07 Å². The Morgan fingerprint density at radius 2 is 2.25 bits per heavy atom. The van der Waals surface area contributed by atoms with Crippen LogP contribution in [0.4, 0.5) is 5.69 Å². The van der Waals surface area contributed by atoms with Crippen molar-refractivity contribution in [3.8, 4) is 0 Å². The van der Waals surface area contributed by atoms with Gasteiger partial charge in [-0.2, -0.15) is 0 Å². The molecular formula is C9H8INO. The minimum Gasteiger partial charge on any atom is -0.273 e. The topological polar surface area (TPSA) is 20.3 Å². The molecule has 0 aromatic heterocycles. The number of benzene rings is 1. The highest BCUT2D eigenvalue weighted by Crippen LogP contribution is 2.31. The van der Waals surface area contributed by atoms with Crippen LogP contribution in [0, 0.1) is 6.92 Å². The largest absolute Gasteiger partial charge is 0.273 e. The van der Waals surface area contributed by atoms with Gasteiger partial charge in [-0.25, -0.2) is 0 Å². The number of nitrogens with zero attached hydrogens (tertiary/aromatic N) is 1. The summed E-state index contributed by atoms with van der Waals surface area (Å²) in [5.74, 6) is 0.177. The van der Waals surface area contributed by atoms with E-state index >= 15 is 0 Å². The Morgan fingerprint density at radius 3 is 3.00 bits per heavy atom. The molecule has 1 aromatic rings. The van der Waals surface area contributed by atoms with Crippen LogP contribution in [0.2, 0.25) is 0 Å². The molecule has 1 aliphatic heterocycles. The van der Waals surface area contributed by atoms with Crippen LogP contribution in [-0.4, -0.2) is 5.91 Å². The van der Waals surface area contributed by atoms with E-state index in [0.717, 1.165) is 11.3 Å². The highest BCUT2D eigenvalue weighted by atomic mass is 127. The molecular weight excluding hydrogens is 265 g/mol. The number of halogens is 1. The summed E-state index contributed by atoms with van der Waals surface area (Å²) in [4.78, 5) is 11.3. The van der Waals surface area contributed by atoms with Crippen molar-refractivity contribution in [2.24, 2.45) is 0 Å². The minimum absolute atomic E-state index is 0.177. The third-order valence-corrected chi connectivity index (χ3v) is 3.06. The fourth-order valence-corrected chi connectivity index (χ4v) is 2.06.